The third kappa shape index (κ3) is 5.26. The highest BCUT2D eigenvalue weighted by atomic mass is 19.1. The lowest BCUT2D eigenvalue weighted by Gasteiger charge is -2.25. The molecule has 0 bridgehead atoms. The van der Waals surface area contributed by atoms with Crippen LogP contribution in [0.5, 0.6) is 11.5 Å². The van der Waals surface area contributed by atoms with E-state index < -0.39 is 5.97 Å². The molecule has 0 spiro atoms. The lowest BCUT2D eigenvalue weighted by molar-refractivity contribution is -0.137. The maximum atomic E-state index is 15.0. The SMILES string of the molecule is COc1ccc(F)c(-n2cnc(COc3cccc(C(CC(=O)O)C4CC4)c3)c2C2=CCCC2(C)C)c1. The highest BCUT2D eigenvalue weighted by Crippen LogP contribution is 2.46. The fourth-order valence-corrected chi connectivity index (χ4v) is 5.40. The number of rotatable bonds is 10. The van der Waals surface area contributed by atoms with Gasteiger partial charge < -0.3 is 14.6 Å². The fraction of sp³-hybridized carbons (Fsp3) is 0.400. The highest BCUT2D eigenvalue weighted by molar-refractivity contribution is 5.72. The molecule has 1 unspecified atom stereocenters. The maximum Gasteiger partial charge on any atom is 0.303 e. The molecule has 0 amide bonds. The zero-order valence-corrected chi connectivity index (χ0v) is 21.5. The molecule has 6 nitrogen and oxygen atoms in total. The summed E-state index contributed by atoms with van der Waals surface area (Å²) in [5, 5.41) is 9.39. The van der Waals surface area contributed by atoms with Crippen LogP contribution in [0.3, 0.4) is 0 Å². The van der Waals surface area contributed by atoms with Crippen LogP contribution in [0.2, 0.25) is 0 Å². The van der Waals surface area contributed by atoms with Crippen LogP contribution in [0.4, 0.5) is 4.39 Å². The summed E-state index contributed by atoms with van der Waals surface area (Å²) in [4.78, 5) is 16.1. The van der Waals surface area contributed by atoms with Crippen molar-refractivity contribution in [2.75, 3.05) is 7.11 Å². The van der Waals surface area contributed by atoms with Crippen LogP contribution >= 0.6 is 0 Å². The van der Waals surface area contributed by atoms with E-state index in [9.17, 15) is 14.3 Å². The topological polar surface area (TPSA) is 73.6 Å². The number of hydrogen-bond acceptors (Lipinski definition) is 4. The standard InChI is InChI=1S/C30H33FN2O4/c1-30(2)13-5-8-24(30)29-26(32-18-33(29)27-15-21(36-3)11-12-25(27)31)17-37-22-7-4-6-20(14-22)23(16-28(34)35)19-9-10-19/h4,6-8,11-12,14-15,18-19,23H,5,9-10,13,16-17H2,1-3H3,(H,34,35). The molecule has 2 aliphatic carbocycles. The number of aliphatic carboxylic acids is 1. The Balaban J connectivity index is 1.47. The Morgan fingerprint density at radius 2 is 2.03 bits per heavy atom. The Bertz CT molecular complexity index is 1340. The summed E-state index contributed by atoms with van der Waals surface area (Å²) >= 11 is 0. The molecule has 0 saturated heterocycles. The number of carbonyl (C=O) groups is 1. The van der Waals surface area contributed by atoms with Crippen molar-refractivity contribution in [3.63, 3.8) is 0 Å². The Kier molecular flexibility index (Phi) is 6.80. The van der Waals surface area contributed by atoms with Crippen LogP contribution in [0.1, 0.15) is 68.8 Å². The molecule has 2 aromatic carbocycles. The molecule has 1 atom stereocenters. The maximum absolute atomic E-state index is 15.0. The van der Waals surface area contributed by atoms with E-state index in [0.29, 0.717) is 23.1 Å². The van der Waals surface area contributed by atoms with E-state index in [1.165, 1.54) is 6.07 Å². The van der Waals surface area contributed by atoms with Gasteiger partial charge in [-0.15, -0.1) is 0 Å². The van der Waals surface area contributed by atoms with Gasteiger partial charge in [0.25, 0.3) is 0 Å². The minimum atomic E-state index is -0.782. The lowest BCUT2D eigenvalue weighted by atomic mass is 9.83. The molecule has 1 N–H and O–H groups in total. The van der Waals surface area contributed by atoms with Crippen molar-refractivity contribution in [2.24, 2.45) is 11.3 Å². The van der Waals surface area contributed by atoms with E-state index in [-0.39, 0.29) is 30.2 Å². The van der Waals surface area contributed by atoms with E-state index in [2.05, 4.69) is 24.9 Å². The van der Waals surface area contributed by atoms with Gasteiger partial charge in [0.15, 0.2) is 0 Å². The Morgan fingerprint density at radius 3 is 2.70 bits per heavy atom. The summed E-state index contributed by atoms with van der Waals surface area (Å²) < 4.78 is 28.3. The Morgan fingerprint density at radius 1 is 1.22 bits per heavy atom. The van der Waals surface area contributed by atoms with E-state index in [1.54, 1.807) is 30.1 Å². The second-order valence-corrected chi connectivity index (χ2v) is 10.7. The number of aromatic nitrogens is 2. The van der Waals surface area contributed by atoms with Crippen molar-refractivity contribution >= 4 is 11.5 Å². The molecule has 1 aromatic heterocycles. The molecule has 1 fully saturated rings. The van der Waals surface area contributed by atoms with Gasteiger partial charge in [-0.1, -0.05) is 32.1 Å². The van der Waals surface area contributed by atoms with Crippen molar-refractivity contribution in [2.45, 2.75) is 58.5 Å². The summed E-state index contributed by atoms with van der Waals surface area (Å²) in [6.07, 6.45) is 8.06. The molecule has 2 aliphatic rings. The predicted molar refractivity (Wildman–Crippen MR) is 140 cm³/mol. The van der Waals surface area contributed by atoms with Gasteiger partial charge in [0, 0.05) is 6.07 Å². The van der Waals surface area contributed by atoms with Crippen molar-refractivity contribution in [3.8, 4) is 17.2 Å². The quantitative estimate of drug-likeness (QED) is 0.330. The second kappa shape index (κ2) is 10.0. The molecule has 5 rings (SSSR count). The fourth-order valence-electron chi connectivity index (χ4n) is 5.40. The normalized spacial score (nSPS) is 17.4. The van der Waals surface area contributed by atoms with Crippen molar-refractivity contribution in [3.05, 3.63) is 77.6 Å². The molecule has 0 radical (unpaired) electrons. The Labute approximate surface area is 216 Å². The number of carboxylic acids is 1. The van der Waals surface area contributed by atoms with E-state index in [0.717, 1.165) is 48.2 Å². The average molecular weight is 505 g/mol. The number of allylic oxidation sites excluding steroid dienone is 2. The third-order valence-electron chi connectivity index (χ3n) is 7.61. The molecule has 194 valence electrons. The molecule has 7 heteroatoms. The number of ether oxygens (including phenoxy) is 2. The van der Waals surface area contributed by atoms with Crippen molar-refractivity contribution in [1.82, 2.24) is 9.55 Å². The minimum Gasteiger partial charge on any atom is -0.497 e. The largest absolute Gasteiger partial charge is 0.497 e. The monoisotopic (exact) mass is 504 g/mol. The molecule has 0 aliphatic heterocycles. The summed E-state index contributed by atoms with van der Waals surface area (Å²) in [7, 11) is 1.56. The van der Waals surface area contributed by atoms with Gasteiger partial charge in [-0.3, -0.25) is 9.36 Å². The molecule has 1 saturated carbocycles. The van der Waals surface area contributed by atoms with Crippen LogP contribution in [0, 0.1) is 17.2 Å². The molecular formula is C30H33FN2O4. The van der Waals surface area contributed by atoms with Gasteiger partial charge in [-0.2, -0.15) is 0 Å². The first-order chi connectivity index (χ1) is 17.8. The lowest BCUT2D eigenvalue weighted by Crippen LogP contribution is -2.14. The molecule has 37 heavy (non-hydrogen) atoms. The zero-order chi connectivity index (χ0) is 26.2. The minimum absolute atomic E-state index is 0.00343. The number of benzene rings is 2. The Hall–Kier alpha value is -3.61. The summed E-state index contributed by atoms with van der Waals surface area (Å²) in [5.41, 5.74) is 3.96. The van der Waals surface area contributed by atoms with Crippen LogP contribution in [-0.4, -0.2) is 27.7 Å². The molecular weight excluding hydrogens is 471 g/mol. The first kappa shape index (κ1) is 25.1. The second-order valence-electron chi connectivity index (χ2n) is 10.7. The van der Waals surface area contributed by atoms with E-state index in [1.807, 2.05) is 24.3 Å². The average Bonchev–Trinajstić information content (AvgIpc) is 3.54. The number of imidazole rings is 1. The van der Waals surface area contributed by atoms with Gasteiger partial charge in [0.1, 0.15) is 35.9 Å². The van der Waals surface area contributed by atoms with Crippen LogP contribution in [0.15, 0.2) is 54.9 Å². The number of hydrogen-bond donors (Lipinski definition) is 1. The van der Waals surface area contributed by atoms with Gasteiger partial charge in [-0.05, 0) is 78.3 Å². The van der Waals surface area contributed by atoms with Crippen LogP contribution in [0.25, 0.3) is 11.3 Å². The summed E-state index contributed by atoms with van der Waals surface area (Å²) in [5.74, 6) is 0.508. The molecule has 3 aromatic rings. The number of carboxylic acid groups (broad SMARTS) is 1. The van der Waals surface area contributed by atoms with Gasteiger partial charge >= 0.3 is 5.97 Å². The third-order valence-corrected chi connectivity index (χ3v) is 7.61. The number of methoxy groups -OCH3 is 1. The van der Waals surface area contributed by atoms with Crippen molar-refractivity contribution < 1.29 is 23.8 Å². The summed E-state index contributed by atoms with van der Waals surface area (Å²) in [6.45, 7) is 4.59. The van der Waals surface area contributed by atoms with E-state index >= 15 is 0 Å². The number of nitrogens with zero attached hydrogens (tertiary/aromatic N) is 2. The van der Waals surface area contributed by atoms with Crippen LogP contribution < -0.4 is 9.47 Å². The van der Waals surface area contributed by atoms with Gasteiger partial charge in [-0.25, -0.2) is 9.37 Å². The predicted octanol–water partition coefficient (Wildman–Crippen LogP) is 6.77. The highest BCUT2D eigenvalue weighted by Gasteiger charge is 2.35. The van der Waals surface area contributed by atoms with E-state index in [4.69, 9.17) is 9.47 Å². The van der Waals surface area contributed by atoms with Gasteiger partial charge in [0.05, 0.1) is 24.9 Å². The summed E-state index contributed by atoms with van der Waals surface area (Å²) in [6, 6.07) is 12.4. The van der Waals surface area contributed by atoms with Gasteiger partial charge in [0.2, 0.25) is 0 Å². The zero-order valence-electron chi connectivity index (χ0n) is 21.5. The molecule has 1 heterocycles. The van der Waals surface area contributed by atoms with Crippen molar-refractivity contribution in [1.29, 1.82) is 0 Å². The van der Waals surface area contributed by atoms with Crippen LogP contribution in [-0.2, 0) is 11.4 Å². The smallest absolute Gasteiger partial charge is 0.303 e. The first-order valence-corrected chi connectivity index (χ1v) is 12.8. The first-order valence-electron chi connectivity index (χ1n) is 12.8. The number of halogens is 1.